The van der Waals surface area contributed by atoms with Gasteiger partial charge < -0.3 is 19.8 Å². The van der Waals surface area contributed by atoms with E-state index in [-0.39, 0.29) is 27.5 Å². The Kier molecular flexibility index (Phi) is 6.93. The highest BCUT2D eigenvalue weighted by molar-refractivity contribution is 6.37. The van der Waals surface area contributed by atoms with Gasteiger partial charge in [0.25, 0.3) is 0 Å². The number of benzene rings is 2. The van der Waals surface area contributed by atoms with E-state index in [1.807, 2.05) is 13.8 Å². The highest BCUT2D eigenvalue weighted by atomic mass is 35.5. The van der Waals surface area contributed by atoms with Crippen LogP contribution in [0.4, 0.5) is 0 Å². The van der Waals surface area contributed by atoms with Crippen LogP contribution < -0.4 is 4.74 Å². The summed E-state index contributed by atoms with van der Waals surface area (Å²) in [6.45, 7) is 5.28. The Morgan fingerprint density at radius 3 is 2.33 bits per heavy atom. The zero-order chi connectivity index (χ0) is 20.1. The number of aliphatic carboxylic acids is 1. The Labute approximate surface area is 166 Å². The largest absolute Gasteiger partial charge is 0.508 e. The van der Waals surface area contributed by atoms with Gasteiger partial charge in [0.15, 0.2) is 5.75 Å². The number of phenols is 1. The number of aromatic hydroxyl groups is 1. The van der Waals surface area contributed by atoms with E-state index in [1.54, 1.807) is 30.3 Å². The molecule has 0 amide bonds. The van der Waals surface area contributed by atoms with E-state index in [9.17, 15) is 9.90 Å². The number of hydrogen-bond acceptors (Lipinski definition) is 5. The lowest BCUT2D eigenvalue weighted by atomic mass is 10.0. The second kappa shape index (κ2) is 8.97. The number of carbonyl (C=O) groups is 1. The van der Waals surface area contributed by atoms with Crippen molar-refractivity contribution in [1.29, 1.82) is 0 Å². The Bertz CT molecular complexity index is 844. The molecule has 0 aliphatic rings. The van der Waals surface area contributed by atoms with Crippen molar-refractivity contribution in [2.45, 2.75) is 32.8 Å². The van der Waals surface area contributed by atoms with Crippen LogP contribution >= 0.6 is 23.2 Å². The van der Waals surface area contributed by atoms with Gasteiger partial charge in [-0.2, -0.15) is 0 Å². The summed E-state index contributed by atoms with van der Waals surface area (Å²) in [6.07, 6.45) is 0.234. The lowest BCUT2D eigenvalue weighted by molar-refractivity contribution is -0.149. The SMILES string of the molecule is CC(ON=Cc1cc(Cl)c(Oc2ccc(O)c(C(C)C)c2)c(Cl)c1)C(=O)O. The van der Waals surface area contributed by atoms with Gasteiger partial charge in [-0.25, -0.2) is 4.79 Å². The first-order valence-electron chi connectivity index (χ1n) is 8.10. The first kappa shape index (κ1) is 20.9. The monoisotopic (exact) mass is 411 g/mol. The van der Waals surface area contributed by atoms with E-state index < -0.39 is 12.1 Å². The molecule has 2 N–H and O–H groups in total. The lowest BCUT2D eigenvalue weighted by Gasteiger charge is -2.14. The molecule has 0 saturated carbocycles. The number of rotatable bonds is 7. The topological polar surface area (TPSA) is 88.4 Å². The standard InChI is InChI=1S/C19H19Cl2NO5/c1-10(2)14-8-13(4-5-17(14)23)26-18-15(20)6-12(7-16(18)21)9-22-27-11(3)19(24)25/h4-11,23H,1-3H3,(H,24,25). The number of carboxylic acids is 1. The summed E-state index contributed by atoms with van der Waals surface area (Å²) < 4.78 is 5.79. The molecular formula is C19H19Cl2NO5. The quantitative estimate of drug-likeness (QED) is 0.467. The van der Waals surface area contributed by atoms with Crippen LogP contribution in [0.3, 0.4) is 0 Å². The molecule has 0 aliphatic heterocycles. The number of nitrogens with zero attached hydrogens (tertiary/aromatic N) is 1. The van der Waals surface area contributed by atoms with Crippen LogP contribution in [-0.2, 0) is 9.63 Å². The van der Waals surface area contributed by atoms with Crippen molar-refractivity contribution >= 4 is 35.4 Å². The maximum Gasteiger partial charge on any atom is 0.347 e. The predicted molar refractivity (Wildman–Crippen MR) is 105 cm³/mol. The summed E-state index contributed by atoms with van der Waals surface area (Å²) in [5.41, 5.74) is 1.26. The van der Waals surface area contributed by atoms with Crippen molar-refractivity contribution in [2.24, 2.45) is 5.16 Å². The second-order valence-corrected chi connectivity index (χ2v) is 6.93. The van der Waals surface area contributed by atoms with Gasteiger partial charge in [-0.1, -0.05) is 42.2 Å². The van der Waals surface area contributed by atoms with Crippen LogP contribution in [0.1, 0.15) is 37.8 Å². The molecule has 0 radical (unpaired) electrons. The third-order valence-electron chi connectivity index (χ3n) is 3.63. The molecular weight excluding hydrogens is 393 g/mol. The molecule has 6 nitrogen and oxygen atoms in total. The van der Waals surface area contributed by atoms with Crippen LogP contribution in [-0.4, -0.2) is 28.5 Å². The zero-order valence-electron chi connectivity index (χ0n) is 14.9. The second-order valence-electron chi connectivity index (χ2n) is 6.11. The minimum Gasteiger partial charge on any atom is -0.508 e. The van der Waals surface area contributed by atoms with Gasteiger partial charge in [-0.3, -0.25) is 0 Å². The predicted octanol–water partition coefficient (Wildman–Crippen LogP) is 5.44. The summed E-state index contributed by atoms with van der Waals surface area (Å²) in [6, 6.07) is 8.01. The fourth-order valence-corrected chi connectivity index (χ4v) is 2.74. The van der Waals surface area contributed by atoms with E-state index in [2.05, 4.69) is 5.16 Å². The number of halogens is 2. The minimum atomic E-state index is -1.12. The van der Waals surface area contributed by atoms with Gasteiger partial charge >= 0.3 is 5.97 Å². The first-order valence-corrected chi connectivity index (χ1v) is 8.86. The van der Waals surface area contributed by atoms with Crippen molar-refractivity contribution in [3.8, 4) is 17.2 Å². The lowest BCUT2D eigenvalue weighted by Crippen LogP contribution is -2.17. The maximum atomic E-state index is 10.7. The molecule has 2 rings (SSSR count). The molecule has 0 fully saturated rings. The molecule has 1 unspecified atom stereocenters. The summed E-state index contributed by atoms with van der Waals surface area (Å²) in [5, 5.41) is 22.7. The molecule has 0 heterocycles. The Balaban J connectivity index is 2.21. The fraction of sp³-hybridized carbons (Fsp3) is 0.263. The molecule has 27 heavy (non-hydrogen) atoms. The van der Waals surface area contributed by atoms with Gasteiger partial charge in [-0.05, 0) is 48.7 Å². The van der Waals surface area contributed by atoms with Gasteiger partial charge in [0.05, 0.1) is 16.3 Å². The number of ether oxygens (including phenoxy) is 1. The summed E-state index contributed by atoms with van der Waals surface area (Å²) in [7, 11) is 0. The highest BCUT2D eigenvalue weighted by Gasteiger charge is 2.14. The molecule has 0 bridgehead atoms. The third kappa shape index (κ3) is 5.52. The average molecular weight is 412 g/mol. The molecule has 2 aromatic carbocycles. The smallest absolute Gasteiger partial charge is 0.347 e. The van der Waals surface area contributed by atoms with E-state index >= 15 is 0 Å². The fourth-order valence-electron chi connectivity index (χ4n) is 2.16. The number of phenolic OH excluding ortho intramolecular Hbond substituents is 1. The first-order chi connectivity index (χ1) is 12.7. The number of oxime groups is 1. The Morgan fingerprint density at radius 1 is 1.15 bits per heavy atom. The van der Waals surface area contributed by atoms with Crippen LogP contribution in [0.5, 0.6) is 17.2 Å². The van der Waals surface area contributed by atoms with Crippen LogP contribution in [0, 0.1) is 0 Å². The molecule has 1 atom stereocenters. The van der Waals surface area contributed by atoms with Crippen molar-refractivity contribution < 1.29 is 24.6 Å². The zero-order valence-corrected chi connectivity index (χ0v) is 16.5. The van der Waals surface area contributed by atoms with Crippen molar-refractivity contribution in [3.05, 3.63) is 51.5 Å². The molecule has 144 valence electrons. The van der Waals surface area contributed by atoms with Crippen molar-refractivity contribution in [3.63, 3.8) is 0 Å². The normalized spacial score (nSPS) is 12.4. The average Bonchev–Trinajstić information content (AvgIpc) is 2.59. The summed E-state index contributed by atoms with van der Waals surface area (Å²) in [5.74, 6) is -0.0689. The van der Waals surface area contributed by atoms with E-state index in [0.717, 1.165) is 5.56 Å². The van der Waals surface area contributed by atoms with Gasteiger partial charge in [0, 0.05) is 5.56 Å². The van der Waals surface area contributed by atoms with E-state index in [1.165, 1.54) is 13.1 Å². The summed E-state index contributed by atoms with van der Waals surface area (Å²) >= 11 is 12.5. The van der Waals surface area contributed by atoms with Gasteiger partial charge in [0.2, 0.25) is 6.10 Å². The number of carboxylic acid groups (broad SMARTS) is 1. The molecule has 0 aliphatic carbocycles. The van der Waals surface area contributed by atoms with Gasteiger partial charge in [-0.15, -0.1) is 0 Å². The summed E-state index contributed by atoms with van der Waals surface area (Å²) in [4.78, 5) is 15.5. The Morgan fingerprint density at radius 2 is 1.78 bits per heavy atom. The highest BCUT2D eigenvalue weighted by Crippen LogP contribution is 2.39. The Hall–Kier alpha value is -2.44. The van der Waals surface area contributed by atoms with Crippen LogP contribution in [0.25, 0.3) is 0 Å². The van der Waals surface area contributed by atoms with Crippen LogP contribution in [0.15, 0.2) is 35.5 Å². The van der Waals surface area contributed by atoms with Crippen molar-refractivity contribution in [2.75, 3.05) is 0 Å². The van der Waals surface area contributed by atoms with E-state index in [4.69, 9.17) is 37.9 Å². The maximum absolute atomic E-state index is 10.7. The molecule has 0 aromatic heterocycles. The van der Waals surface area contributed by atoms with Gasteiger partial charge in [0.1, 0.15) is 11.5 Å². The third-order valence-corrected chi connectivity index (χ3v) is 4.19. The molecule has 2 aromatic rings. The molecule has 0 saturated heterocycles. The molecule has 8 heteroatoms. The molecule has 0 spiro atoms. The number of hydrogen-bond donors (Lipinski definition) is 2. The van der Waals surface area contributed by atoms with Crippen molar-refractivity contribution in [1.82, 2.24) is 0 Å². The van der Waals surface area contributed by atoms with Crippen LogP contribution in [0.2, 0.25) is 10.0 Å². The minimum absolute atomic E-state index is 0.117. The van der Waals surface area contributed by atoms with E-state index in [0.29, 0.717) is 11.3 Å².